The molecule has 2 atom stereocenters. The zero-order valence-electron chi connectivity index (χ0n) is 15.8. The summed E-state index contributed by atoms with van der Waals surface area (Å²) < 4.78 is 14.4. The van der Waals surface area contributed by atoms with E-state index in [1.807, 2.05) is 36.1 Å². The van der Waals surface area contributed by atoms with Crippen LogP contribution in [-0.2, 0) is 15.0 Å². The fourth-order valence-corrected chi connectivity index (χ4v) is 4.30. The topological polar surface area (TPSA) is 63.4 Å². The molecule has 1 aliphatic heterocycles. The standard InChI is InChI=1S/C22H24BrFN2O2/c1-15(16-2-6-18(23)7-3-16)26-13-12-22(14-21(26)28,11-10-20(25)27)17-4-8-19(24)9-5-17/h2-9,15H,10-14H2,1H3,(H2,25,27)/t15-,22+/m1/s1. The van der Waals surface area contributed by atoms with E-state index in [0.29, 0.717) is 19.4 Å². The maximum atomic E-state index is 13.4. The number of benzene rings is 2. The van der Waals surface area contributed by atoms with Crippen molar-refractivity contribution in [3.05, 3.63) is 69.9 Å². The molecule has 1 aliphatic rings. The predicted octanol–water partition coefficient (Wildman–Crippen LogP) is 4.48. The average molecular weight is 447 g/mol. The normalized spacial score (nSPS) is 20.8. The van der Waals surface area contributed by atoms with Crippen molar-refractivity contribution in [1.29, 1.82) is 0 Å². The van der Waals surface area contributed by atoms with E-state index in [-0.39, 0.29) is 36.5 Å². The summed E-state index contributed by atoms with van der Waals surface area (Å²) in [5.41, 5.74) is 6.84. The minimum Gasteiger partial charge on any atom is -0.370 e. The molecule has 2 aromatic rings. The number of carbonyl (C=O) groups excluding carboxylic acids is 2. The Balaban J connectivity index is 1.83. The van der Waals surface area contributed by atoms with Crippen LogP contribution in [-0.4, -0.2) is 23.3 Å². The number of halogens is 2. The Bertz CT molecular complexity index is 854. The number of rotatable bonds is 6. The molecule has 0 saturated carbocycles. The van der Waals surface area contributed by atoms with Crippen molar-refractivity contribution in [3.8, 4) is 0 Å². The summed E-state index contributed by atoms with van der Waals surface area (Å²) in [7, 11) is 0. The van der Waals surface area contributed by atoms with Crippen molar-refractivity contribution in [2.45, 2.75) is 44.1 Å². The summed E-state index contributed by atoms with van der Waals surface area (Å²) >= 11 is 3.43. The van der Waals surface area contributed by atoms with Crippen molar-refractivity contribution in [2.75, 3.05) is 6.54 Å². The summed E-state index contributed by atoms with van der Waals surface area (Å²) in [4.78, 5) is 26.4. The van der Waals surface area contributed by atoms with Crippen molar-refractivity contribution in [2.24, 2.45) is 5.73 Å². The van der Waals surface area contributed by atoms with Crippen LogP contribution >= 0.6 is 15.9 Å². The third-order valence-electron chi connectivity index (χ3n) is 5.77. The van der Waals surface area contributed by atoms with Crippen LogP contribution < -0.4 is 5.73 Å². The third-order valence-corrected chi connectivity index (χ3v) is 6.30. The monoisotopic (exact) mass is 446 g/mol. The van der Waals surface area contributed by atoms with Crippen LogP contribution in [0.5, 0.6) is 0 Å². The first-order valence-electron chi connectivity index (χ1n) is 9.40. The largest absolute Gasteiger partial charge is 0.370 e. The Morgan fingerprint density at radius 2 is 1.86 bits per heavy atom. The number of amides is 2. The summed E-state index contributed by atoms with van der Waals surface area (Å²) in [5.74, 6) is -0.670. The molecule has 0 radical (unpaired) electrons. The molecule has 0 aromatic heterocycles. The Kier molecular flexibility index (Phi) is 6.18. The van der Waals surface area contributed by atoms with Crippen LogP contribution in [0.4, 0.5) is 4.39 Å². The molecule has 6 heteroatoms. The van der Waals surface area contributed by atoms with Gasteiger partial charge in [-0.1, -0.05) is 40.2 Å². The van der Waals surface area contributed by atoms with E-state index < -0.39 is 5.41 Å². The number of hydrogen-bond donors (Lipinski definition) is 1. The second-order valence-electron chi connectivity index (χ2n) is 7.49. The average Bonchev–Trinajstić information content (AvgIpc) is 2.67. The van der Waals surface area contributed by atoms with Crippen molar-refractivity contribution in [3.63, 3.8) is 0 Å². The van der Waals surface area contributed by atoms with Crippen LogP contribution in [0.3, 0.4) is 0 Å². The number of hydrogen-bond acceptors (Lipinski definition) is 2. The van der Waals surface area contributed by atoms with Crippen LogP contribution in [0.1, 0.15) is 49.8 Å². The maximum Gasteiger partial charge on any atom is 0.223 e. The Morgan fingerprint density at radius 3 is 2.43 bits per heavy atom. The van der Waals surface area contributed by atoms with E-state index in [4.69, 9.17) is 5.73 Å². The lowest BCUT2D eigenvalue weighted by Crippen LogP contribution is -2.47. The highest BCUT2D eigenvalue weighted by molar-refractivity contribution is 9.10. The minimum absolute atomic E-state index is 0.0375. The lowest BCUT2D eigenvalue weighted by Gasteiger charge is -2.44. The fourth-order valence-electron chi connectivity index (χ4n) is 4.04. The van der Waals surface area contributed by atoms with E-state index >= 15 is 0 Å². The summed E-state index contributed by atoms with van der Waals surface area (Å²) in [5, 5.41) is 0. The second-order valence-corrected chi connectivity index (χ2v) is 8.41. The highest BCUT2D eigenvalue weighted by atomic mass is 79.9. The van der Waals surface area contributed by atoms with Crippen molar-refractivity contribution >= 4 is 27.7 Å². The van der Waals surface area contributed by atoms with Crippen LogP contribution in [0.25, 0.3) is 0 Å². The van der Waals surface area contributed by atoms with Gasteiger partial charge < -0.3 is 10.6 Å². The van der Waals surface area contributed by atoms with Crippen LogP contribution in [0.2, 0.25) is 0 Å². The first-order chi connectivity index (χ1) is 13.3. The van der Waals surface area contributed by atoms with E-state index in [9.17, 15) is 14.0 Å². The smallest absolute Gasteiger partial charge is 0.223 e. The van der Waals surface area contributed by atoms with Gasteiger partial charge in [0.15, 0.2) is 0 Å². The summed E-state index contributed by atoms with van der Waals surface area (Å²) in [6.07, 6.45) is 1.68. The van der Waals surface area contributed by atoms with Gasteiger partial charge in [0.25, 0.3) is 0 Å². The molecule has 28 heavy (non-hydrogen) atoms. The molecule has 4 nitrogen and oxygen atoms in total. The quantitative estimate of drug-likeness (QED) is 0.710. The first-order valence-corrected chi connectivity index (χ1v) is 10.2. The Labute approximate surface area is 173 Å². The molecule has 0 unspecified atom stereocenters. The van der Waals surface area contributed by atoms with E-state index in [2.05, 4.69) is 15.9 Å². The molecule has 2 amide bonds. The van der Waals surface area contributed by atoms with E-state index in [1.165, 1.54) is 12.1 Å². The highest BCUT2D eigenvalue weighted by Gasteiger charge is 2.41. The molecule has 0 spiro atoms. The van der Waals surface area contributed by atoms with Gasteiger partial charge in [-0.3, -0.25) is 9.59 Å². The second kappa shape index (κ2) is 8.43. The van der Waals surface area contributed by atoms with Crippen molar-refractivity contribution < 1.29 is 14.0 Å². The SMILES string of the molecule is C[C@H](c1ccc(Br)cc1)N1CC[C@](CCC(N)=O)(c2ccc(F)cc2)CC1=O. The van der Waals surface area contributed by atoms with Gasteiger partial charge in [-0.2, -0.15) is 0 Å². The molecule has 3 rings (SSSR count). The molecule has 148 valence electrons. The molecule has 1 saturated heterocycles. The number of likely N-dealkylation sites (tertiary alicyclic amines) is 1. The number of nitrogens with zero attached hydrogens (tertiary/aromatic N) is 1. The summed E-state index contributed by atoms with van der Waals surface area (Å²) in [6.45, 7) is 2.60. The van der Waals surface area contributed by atoms with Gasteiger partial charge in [0.1, 0.15) is 5.82 Å². The Morgan fingerprint density at radius 1 is 1.21 bits per heavy atom. The molecular weight excluding hydrogens is 423 g/mol. The zero-order chi connectivity index (χ0) is 20.3. The zero-order valence-corrected chi connectivity index (χ0v) is 17.4. The van der Waals surface area contributed by atoms with Crippen LogP contribution in [0, 0.1) is 5.82 Å². The van der Waals surface area contributed by atoms with Crippen LogP contribution in [0.15, 0.2) is 53.0 Å². The third kappa shape index (κ3) is 4.43. The highest BCUT2D eigenvalue weighted by Crippen LogP contribution is 2.42. The number of nitrogens with two attached hydrogens (primary N) is 1. The molecule has 0 aliphatic carbocycles. The maximum absolute atomic E-state index is 13.4. The van der Waals surface area contributed by atoms with Gasteiger partial charge in [-0.25, -0.2) is 4.39 Å². The van der Waals surface area contributed by atoms with Gasteiger partial charge in [0, 0.05) is 29.3 Å². The molecule has 1 fully saturated rings. The lowest BCUT2D eigenvalue weighted by molar-refractivity contribution is -0.139. The number of piperidine rings is 1. The fraction of sp³-hybridized carbons (Fsp3) is 0.364. The lowest BCUT2D eigenvalue weighted by atomic mass is 9.69. The summed E-state index contributed by atoms with van der Waals surface area (Å²) in [6, 6.07) is 14.2. The molecule has 1 heterocycles. The van der Waals surface area contributed by atoms with Gasteiger partial charge in [0.05, 0.1) is 6.04 Å². The van der Waals surface area contributed by atoms with Gasteiger partial charge in [-0.15, -0.1) is 0 Å². The molecule has 2 aromatic carbocycles. The Hall–Kier alpha value is -2.21. The number of carbonyl (C=O) groups is 2. The van der Waals surface area contributed by atoms with Gasteiger partial charge in [-0.05, 0) is 55.2 Å². The molecule has 2 N–H and O–H groups in total. The molecule has 0 bridgehead atoms. The van der Waals surface area contributed by atoms with Gasteiger partial charge >= 0.3 is 0 Å². The first kappa shape index (κ1) is 20.5. The minimum atomic E-state index is -0.490. The van der Waals surface area contributed by atoms with E-state index in [1.54, 1.807) is 12.1 Å². The number of primary amides is 1. The van der Waals surface area contributed by atoms with E-state index in [0.717, 1.165) is 15.6 Å². The molecular formula is C22H24BrFN2O2. The van der Waals surface area contributed by atoms with Gasteiger partial charge in [0.2, 0.25) is 11.8 Å². The predicted molar refractivity (Wildman–Crippen MR) is 110 cm³/mol. The van der Waals surface area contributed by atoms with Crippen molar-refractivity contribution in [1.82, 2.24) is 4.90 Å².